The SMILES string of the molecule is O=C1CCC(N2C(=O)c3cccc(OCCCc4ccc(CCCC(=O)Nc5cccc(-c6ccc7c(c6)[C@H]6[C@H](CCN6Cc6ccncc6)[C@@H](CO)N7)c5)cc4)c3C2=O)C(=O)N1. The molecule has 0 bridgehead atoms. The zero-order valence-corrected chi connectivity index (χ0v) is 34.9. The third kappa shape index (κ3) is 8.84. The van der Waals surface area contributed by atoms with E-state index >= 15 is 0 Å². The maximum Gasteiger partial charge on any atom is 0.266 e. The van der Waals surface area contributed by atoms with Crippen LogP contribution in [0.1, 0.15) is 87.5 Å². The molecule has 0 aliphatic carbocycles. The van der Waals surface area contributed by atoms with Crippen molar-refractivity contribution in [1.29, 1.82) is 0 Å². The van der Waals surface area contributed by atoms with Crippen LogP contribution in [0.4, 0.5) is 11.4 Å². The van der Waals surface area contributed by atoms with E-state index in [1.807, 2.05) is 30.6 Å². The Kier molecular flexibility index (Phi) is 12.1. The summed E-state index contributed by atoms with van der Waals surface area (Å²) in [6.07, 6.45) is 8.09. The minimum absolute atomic E-state index is 0.00437. The second-order valence-electron chi connectivity index (χ2n) is 16.8. The third-order valence-electron chi connectivity index (χ3n) is 12.8. The number of hydrogen-bond acceptors (Lipinski definition) is 10. The topological polar surface area (TPSA) is 170 Å². The molecule has 13 nitrogen and oxygen atoms in total. The number of benzene rings is 4. The summed E-state index contributed by atoms with van der Waals surface area (Å²) in [5.41, 5.74) is 8.97. The lowest BCUT2D eigenvalue weighted by molar-refractivity contribution is -0.136. The maximum atomic E-state index is 13.3. The van der Waals surface area contributed by atoms with Crippen LogP contribution >= 0.6 is 0 Å². The van der Waals surface area contributed by atoms with Gasteiger partial charge in [0.2, 0.25) is 17.7 Å². The van der Waals surface area contributed by atoms with Crippen LogP contribution in [0.2, 0.25) is 0 Å². The van der Waals surface area contributed by atoms with Gasteiger partial charge in [-0.2, -0.15) is 0 Å². The summed E-state index contributed by atoms with van der Waals surface area (Å²) in [6, 6.07) is 30.9. The van der Waals surface area contributed by atoms with Crippen molar-refractivity contribution >= 4 is 40.9 Å². The average Bonchev–Trinajstić information content (AvgIpc) is 3.83. The number of amides is 5. The average molecular weight is 847 g/mol. The fourth-order valence-corrected chi connectivity index (χ4v) is 9.63. The van der Waals surface area contributed by atoms with E-state index in [1.54, 1.807) is 18.2 Å². The number of nitrogens with zero attached hydrogens (tertiary/aromatic N) is 3. The van der Waals surface area contributed by atoms with Gasteiger partial charge in [-0.3, -0.25) is 44.1 Å². The van der Waals surface area contributed by atoms with Crippen LogP contribution in [0.25, 0.3) is 11.1 Å². The number of piperidine rings is 1. The van der Waals surface area contributed by atoms with E-state index < -0.39 is 29.7 Å². The van der Waals surface area contributed by atoms with Gasteiger partial charge in [0.1, 0.15) is 11.8 Å². The third-order valence-corrected chi connectivity index (χ3v) is 12.8. The van der Waals surface area contributed by atoms with Gasteiger partial charge >= 0.3 is 0 Å². The minimum atomic E-state index is -1.03. The molecule has 4 atom stereocenters. The molecule has 322 valence electrons. The van der Waals surface area contributed by atoms with Gasteiger partial charge in [-0.05, 0) is 127 Å². The minimum Gasteiger partial charge on any atom is -0.493 e. The molecular formula is C50H50N6O7. The molecule has 4 aromatic carbocycles. The molecular weight excluding hydrogens is 797 g/mol. The van der Waals surface area contributed by atoms with Crippen LogP contribution in [0.5, 0.6) is 5.75 Å². The quantitative estimate of drug-likeness (QED) is 0.0677. The number of hydrogen-bond donors (Lipinski definition) is 4. The monoisotopic (exact) mass is 846 g/mol. The fraction of sp³-hybridized carbons (Fsp3) is 0.320. The number of likely N-dealkylation sites (tertiary alicyclic amines) is 1. The van der Waals surface area contributed by atoms with Gasteiger partial charge in [-0.1, -0.05) is 48.5 Å². The highest BCUT2D eigenvalue weighted by atomic mass is 16.5. The molecule has 4 aliphatic rings. The smallest absolute Gasteiger partial charge is 0.266 e. The maximum absolute atomic E-state index is 13.3. The van der Waals surface area contributed by atoms with E-state index in [-0.39, 0.29) is 48.6 Å². The van der Waals surface area contributed by atoms with E-state index in [9.17, 15) is 29.1 Å². The highest BCUT2D eigenvalue weighted by Crippen LogP contribution is 2.48. The molecule has 0 radical (unpaired) electrons. The first-order chi connectivity index (χ1) is 30.7. The Bertz CT molecular complexity index is 2550. The molecule has 0 saturated carbocycles. The number of rotatable bonds is 15. The van der Waals surface area contributed by atoms with Crippen molar-refractivity contribution in [2.24, 2.45) is 5.92 Å². The molecule has 4 N–H and O–H groups in total. The fourth-order valence-electron chi connectivity index (χ4n) is 9.63. The number of aliphatic hydroxyl groups excluding tert-OH is 1. The molecule has 13 heteroatoms. The van der Waals surface area contributed by atoms with Crippen molar-refractivity contribution in [3.63, 3.8) is 0 Å². The summed E-state index contributed by atoms with van der Waals surface area (Å²) in [4.78, 5) is 71.3. The van der Waals surface area contributed by atoms with Crippen LogP contribution in [-0.2, 0) is 33.8 Å². The molecule has 2 fully saturated rings. The lowest BCUT2D eigenvalue weighted by Gasteiger charge is -2.39. The molecule has 2 saturated heterocycles. The predicted octanol–water partition coefficient (Wildman–Crippen LogP) is 6.47. The Morgan fingerprint density at radius 2 is 1.59 bits per heavy atom. The molecule has 4 aliphatic heterocycles. The highest BCUT2D eigenvalue weighted by molar-refractivity contribution is 6.24. The highest BCUT2D eigenvalue weighted by Gasteiger charge is 2.46. The molecule has 5 amide bonds. The van der Waals surface area contributed by atoms with Crippen LogP contribution in [0.3, 0.4) is 0 Å². The van der Waals surface area contributed by atoms with E-state index in [0.29, 0.717) is 37.5 Å². The second-order valence-corrected chi connectivity index (χ2v) is 16.8. The Hall–Kier alpha value is -6.70. The first kappa shape index (κ1) is 41.6. The number of aryl methyl sites for hydroxylation is 2. The standard InChI is InChI=1S/C50H50N6O7/c57-30-41-37-22-25-55(29-33-20-23-51-24-21-33)47(37)39-28-35(16-17-40(39)53-41)34-7-2-8-36(27-34)52-44(58)11-1-5-31-12-14-32(15-13-31)6-4-26-63-43-10-3-9-38-46(43)50(62)56(49(38)61)42-18-19-45(59)54-48(42)60/h2-3,7-10,12-17,20-21,23-24,27-28,37,41-42,47,53,57H,1,4-6,11,18-19,22,25-26,29-30H2,(H,52,58)(H,54,59,60)/t37-,41-,42?,47-/m1/s1. The molecule has 1 unspecified atom stereocenters. The molecule has 0 spiro atoms. The molecule has 5 heterocycles. The van der Waals surface area contributed by atoms with Gasteiger partial charge in [0, 0.05) is 55.1 Å². The van der Waals surface area contributed by atoms with E-state index in [1.165, 1.54) is 11.1 Å². The van der Waals surface area contributed by atoms with E-state index in [2.05, 4.69) is 86.5 Å². The van der Waals surface area contributed by atoms with Crippen molar-refractivity contribution in [3.8, 4) is 16.9 Å². The number of aliphatic hydroxyl groups is 1. The van der Waals surface area contributed by atoms with Gasteiger partial charge in [-0.25, -0.2) is 0 Å². The Labute approximate surface area is 365 Å². The zero-order chi connectivity index (χ0) is 43.5. The van der Waals surface area contributed by atoms with Gasteiger partial charge in [0.15, 0.2) is 0 Å². The number of fused-ring (bicyclic) bond motifs is 4. The number of nitrogens with one attached hydrogen (secondary N) is 3. The van der Waals surface area contributed by atoms with Crippen molar-refractivity contribution < 1.29 is 33.8 Å². The Morgan fingerprint density at radius 1 is 0.825 bits per heavy atom. The van der Waals surface area contributed by atoms with Gasteiger partial charge in [0.25, 0.3) is 11.8 Å². The molecule has 9 rings (SSSR count). The Morgan fingerprint density at radius 3 is 2.37 bits per heavy atom. The van der Waals surface area contributed by atoms with Crippen molar-refractivity contribution in [2.45, 2.75) is 76.0 Å². The van der Waals surface area contributed by atoms with Crippen LogP contribution in [0, 0.1) is 5.92 Å². The summed E-state index contributed by atoms with van der Waals surface area (Å²) in [5, 5.41) is 19.2. The van der Waals surface area contributed by atoms with Crippen LogP contribution < -0.4 is 20.7 Å². The van der Waals surface area contributed by atoms with Crippen LogP contribution in [-0.4, -0.2) is 81.3 Å². The largest absolute Gasteiger partial charge is 0.493 e. The molecule has 5 aromatic rings. The number of aromatic nitrogens is 1. The Balaban J connectivity index is 0.746. The number of anilines is 2. The summed E-state index contributed by atoms with van der Waals surface area (Å²) in [6.45, 7) is 2.18. The zero-order valence-electron chi connectivity index (χ0n) is 34.9. The number of ether oxygens (including phenoxy) is 1. The number of carbonyl (C=O) groups is 5. The molecule has 63 heavy (non-hydrogen) atoms. The van der Waals surface area contributed by atoms with Gasteiger partial charge in [-0.15, -0.1) is 0 Å². The summed E-state index contributed by atoms with van der Waals surface area (Å²) in [7, 11) is 0. The van der Waals surface area contributed by atoms with Crippen molar-refractivity contribution in [2.75, 3.05) is 30.4 Å². The van der Waals surface area contributed by atoms with Gasteiger partial charge in [0.05, 0.1) is 30.4 Å². The lowest BCUT2D eigenvalue weighted by Crippen LogP contribution is -2.54. The first-order valence-corrected chi connectivity index (χ1v) is 21.8. The normalized spacial score (nSPS) is 20.4. The first-order valence-electron chi connectivity index (χ1n) is 21.8. The van der Waals surface area contributed by atoms with E-state index in [0.717, 1.165) is 70.9 Å². The second kappa shape index (κ2) is 18.3. The predicted molar refractivity (Wildman–Crippen MR) is 237 cm³/mol. The molecule has 1 aromatic heterocycles. The van der Waals surface area contributed by atoms with Crippen molar-refractivity contribution in [1.82, 2.24) is 20.1 Å². The number of pyridine rings is 1. The van der Waals surface area contributed by atoms with Gasteiger partial charge < -0.3 is 20.5 Å². The number of imide groups is 2. The van der Waals surface area contributed by atoms with E-state index in [4.69, 9.17) is 4.74 Å². The number of carbonyl (C=O) groups excluding carboxylic acids is 5. The summed E-state index contributed by atoms with van der Waals surface area (Å²) < 4.78 is 6.00. The van der Waals surface area contributed by atoms with Crippen molar-refractivity contribution in [3.05, 3.63) is 143 Å². The summed E-state index contributed by atoms with van der Waals surface area (Å²) >= 11 is 0. The van der Waals surface area contributed by atoms with Crippen LogP contribution in [0.15, 0.2) is 109 Å². The lowest BCUT2D eigenvalue weighted by atomic mass is 9.82. The summed E-state index contributed by atoms with van der Waals surface area (Å²) in [5.74, 6) is -1.66.